The zero-order valence-corrected chi connectivity index (χ0v) is 12.1. The molecule has 5 heteroatoms. The summed E-state index contributed by atoms with van der Waals surface area (Å²) in [4.78, 5) is 11.2. The third kappa shape index (κ3) is 2.10. The van der Waals surface area contributed by atoms with Crippen LogP contribution < -0.4 is 5.73 Å². The first kappa shape index (κ1) is 13.0. The van der Waals surface area contributed by atoms with Gasteiger partial charge in [-0.15, -0.1) is 0 Å². The highest BCUT2D eigenvalue weighted by Gasteiger charge is 2.43. The molecule has 2 aliphatic carbocycles. The fourth-order valence-electron chi connectivity index (χ4n) is 4.29. The highest BCUT2D eigenvalue weighted by molar-refractivity contribution is 5.82. The monoisotopic (exact) mass is 288 g/mol. The smallest absolute Gasteiger partial charge is 0.192 e. The van der Waals surface area contributed by atoms with Crippen LogP contribution in [-0.2, 0) is 0 Å². The number of dihydropyridines is 1. The second kappa shape index (κ2) is 4.97. The third-order valence-corrected chi connectivity index (χ3v) is 5.27. The minimum atomic E-state index is -0.0415. The summed E-state index contributed by atoms with van der Waals surface area (Å²) in [5, 5.41) is 0. The molecule has 0 aromatic rings. The second-order valence-corrected chi connectivity index (χ2v) is 6.44. The van der Waals surface area contributed by atoms with Crippen LogP contribution in [0, 0.1) is 5.92 Å². The molecule has 4 nitrogen and oxygen atoms in total. The zero-order chi connectivity index (χ0) is 14.4. The zero-order valence-electron chi connectivity index (χ0n) is 12.1. The molecular weight excluding hydrogens is 267 g/mol. The Hall–Kier alpha value is -1.65. The van der Waals surface area contributed by atoms with Crippen LogP contribution in [0.15, 0.2) is 33.5 Å². The topological polar surface area (TPSA) is 54.0 Å². The van der Waals surface area contributed by atoms with Gasteiger partial charge in [-0.1, -0.05) is 12.5 Å². The van der Waals surface area contributed by atoms with Crippen molar-refractivity contribution >= 4 is 12.2 Å². The van der Waals surface area contributed by atoms with E-state index in [-0.39, 0.29) is 17.9 Å². The van der Waals surface area contributed by atoms with Gasteiger partial charge in [-0.05, 0) is 30.9 Å². The number of hydrogen-bond acceptors (Lipinski definition) is 4. The van der Waals surface area contributed by atoms with Crippen molar-refractivity contribution in [2.75, 3.05) is 6.54 Å². The van der Waals surface area contributed by atoms with Crippen molar-refractivity contribution in [3.05, 3.63) is 23.6 Å². The maximum absolute atomic E-state index is 13.5. The molecule has 0 aromatic heterocycles. The summed E-state index contributed by atoms with van der Waals surface area (Å²) in [6, 6.07) is 0.546. The van der Waals surface area contributed by atoms with E-state index in [1.807, 2.05) is 6.21 Å². The van der Waals surface area contributed by atoms with Crippen LogP contribution in [0.5, 0.6) is 0 Å². The lowest BCUT2D eigenvalue weighted by atomic mass is 9.78. The molecule has 21 heavy (non-hydrogen) atoms. The molecule has 1 fully saturated rings. The van der Waals surface area contributed by atoms with Crippen LogP contribution in [0.4, 0.5) is 4.39 Å². The standard InChI is InChI=1S/C16H21FN4/c17-11-4-5-15-13(8-11)20-16(18)21(15)14-3-1-2-10-9-19-7-6-12(10)14/h4,6-7,10,13-15H,1-3,5,8-9H2,(H2,18,20). The van der Waals surface area contributed by atoms with E-state index < -0.39 is 0 Å². The van der Waals surface area contributed by atoms with E-state index in [9.17, 15) is 4.39 Å². The number of nitrogens with two attached hydrogens (primary N) is 1. The SMILES string of the molecule is NC1=NC2CC(F)=CCC2N1C1CCCC2CN=CC=C21. The molecule has 4 atom stereocenters. The largest absolute Gasteiger partial charge is 0.370 e. The van der Waals surface area contributed by atoms with Crippen molar-refractivity contribution in [1.29, 1.82) is 0 Å². The summed E-state index contributed by atoms with van der Waals surface area (Å²) in [6.45, 7) is 0.899. The van der Waals surface area contributed by atoms with E-state index >= 15 is 0 Å². The van der Waals surface area contributed by atoms with Gasteiger partial charge >= 0.3 is 0 Å². The Morgan fingerprint density at radius 3 is 3.14 bits per heavy atom. The molecule has 2 heterocycles. The first-order valence-electron chi connectivity index (χ1n) is 7.90. The van der Waals surface area contributed by atoms with Gasteiger partial charge in [0.25, 0.3) is 0 Å². The van der Waals surface area contributed by atoms with Crippen LogP contribution in [-0.4, -0.2) is 41.7 Å². The number of hydrogen-bond donors (Lipinski definition) is 1. The predicted molar refractivity (Wildman–Crippen MR) is 82.0 cm³/mol. The Kier molecular flexibility index (Phi) is 3.08. The predicted octanol–water partition coefficient (Wildman–Crippen LogP) is 2.18. The molecular formula is C16H21FN4. The van der Waals surface area contributed by atoms with Crippen LogP contribution in [0.3, 0.4) is 0 Å². The summed E-state index contributed by atoms with van der Waals surface area (Å²) < 4.78 is 13.5. The Morgan fingerprint density at radius 1 is 1.33 bits per heavy atom. The number of guanidine groups is 1. The van der Waals surface area contributed by atoms with Gasteiger partial charge in [0, 0.05) is 25.1 Å². The molecule has 0 amide bonds. The van der Waals surface area contributed by atoms with Gasteiger partial charge in [-0.3, -0.25) is 4.99 Å². The number of halogens is 1. The highest BCUT2D eigenvalue weighted by atomic mass is 19.1. The molecule has 0 saturated heterocycles. The molecule has 1 saturated carbocycles. The van der Waals surface area contributed by atoms with Crippen molar-refractivity contribution < 1.29 is 4.39 Å². The Morgan fingerprint density at radius 2 is 2.24 bits per heavy atom. The molecule has 0 spiro atoms. The maximum Gasteiger partial charge on any atom is 0.192 e. The van der Waals surface area contributed by atoms with E-state index in [1.165, 1.54) is 18.4 Å². The Balaban J connectivity index is 1.64. The van der Waals surface area contributed by atoms with Gasteiger partial charge in [0.1, 0.15) is 0 Å². The molecule has 0 bridgehead atoms. The minimum Gasteiger partial charge on any atom is -0.370 e. The Bertz CT molecular complexity index is 563. The number of allylic oxidation sites excluding steroid dienone is 1. The number of aliphatic imine (C=N–C) groups is 2. The molecule has 2 N–H and O–H groups in total. The van der Waals surface area contributed by atoms with Gasteiger partial charge in [-0.25, -0.2) is 9.38 Å². The van der Waals surface area contributed by atoms with Gasteiger partial charge < -0.3 is 10.6 Å². The van der Waals surface area contributed by atoms with E-state index in [1.54, 1.807) is 6.08 Å². The highest BCUT2D eigenvalue weighted by Crippen LogP contribution is 2.39. The van der Waals surface area contributed by atoms with Gasteiger partial charge in [0.15, 0.2) is 5.96 Å². The van der Waals surface area contributed by atoms with E-state index in [0.29, 0.717) is 30.8 Å². The lowest BCUT2D eigenvalue weighted by Gasteiger charge is -2.43. The average Bonchev–Trinajstić information content (AvgIpc) is 2.81. The van der Waals surface area contributed by atoms with Crippen molar-refractivity contribution in [3.63, 3.8) is 0 Å². The van der Waals surface area contributed by atoms with E-state index in [4.69, 9.17) is 5.73 Å². The minimum absolute atomic E-state index is 0.00626. The second-order valence-electron chi connectivity index (χ2n) is 6.44. The van der Waals surface area contributed by atoms with Crippen LogP contribution in [0.1, 0.15) is 32.1 Å². The lowest BCUT2D eigenvalue weighted by molar-refractivity contribution is 0.203. The van der Waals surface area contributed by atoms with E-state index in [2.05, 4.69) is 21.0 Å². The summed E-state index contributed by atoms with van der Waals surface area (Å²) in [7, 11) is 0. The van der Waals surface area contributed by atoms with Crippen LogP contribution in [0.25, 0.3) is 0 Å². The van der Waals surface area contributed by atoms with Crippen molar-refractivity contribution in [2.24, 2.45) is 21.6 Å². The van der Waals surface area contributed by atoms with Gasteiger partial charge in [-0.2, -0.15) is 0 Å². The average molecular weight is 288 g/mol. The molecule has 112 valence electrons. The first-order valence-corrected chi connectivity index (χ1v) is 7.90. The summed E-state index contributed by atoms with van der Waals surface area (Å²) in [6.07, 6.45) is 10.4. The molecule has 2 aliphatic heterocycles. The summed E-state index contributed by atoms with van der Waals surface area (Å²) >= 11 is 0. The number of fused-ring (bicyclic) bond motifs is 2. The summed E-state index contributed by atoms with van der Waals surface area (Å²) in [5.41, 5.74) is 7.66. The first-order chi connectivity index (χ1) is 10.2. The quantitative estimate of drug-likeness (QED) is 0.804. The lowest BCUT2D eigenvalue weighted by Crippen LogP contribution is -2.52. The van der Waals surface area contributed by atoms with Crippen LogP contribution >= 0.6 is 0 Å². The molecule has 0 aromatic carbocycles. The summed E-state index contributed by atoms with van der Waals surface area (Å²) in [5.74, 6) is 1.11. The molecule has 4 unspecified atom stereocenters. The number of rotatable bonds is 1. The fourth-order valence-corrected chi connectivity index (χ4v) is 4.29. The van der Waals surface area contributed by atoms with Crippen LogP contribution in [0.2, 0.25) is 0 Å². The van der Waals surface area contributed by atoms with Crippen molar-refractivity contribution in [3.8, 4) is 0 Å². The van der Waals surface area contributed by atoms with E-state index in [0.717, 1.165) is 13.0 Å². The van der Waals surface area contributed by atoms with Gasteiger partial charge in [0.05, 0.1) is 24.0 Å². The number of nitrogens with zero attached hydrogens (tertiary/aromatic N) is 3. The third-order valence-electron chi connectivity index (χ3n) is 5.27. The molecule has 0 radical (unpaired) electrons. The van der Waals surface area contributed by atoms with Crippen molar-refractivity contribution in [1.82, 2.24) is 4.90 Å². The fraction of sp³-hybridized carbons (Fsp3) is 0.625. The molecule has 4 rings (SSSR count). The van der Waals surface area contributed by atoms with Crippen molar-refractivity contribution in [2.45, 2.75) is 50.2 Å². The Labute approximate surface area is 124 Å². The normalized spacial score (nSPS) is 38.3. The molecule has 4 aliphatic rings. The van der Waals surface area contributed by atoms with Gasteiger partial charge in [0.2, 0.25) is 0 Å². The maximum atomic E-state index is 13.5.